The van der Waals surface area contributed by atoms with E-state index in [0.717, 1.165) is 6.54 Å². The molecule has 1 rings (SSSR count). The molecule has 0 amide bonds. The minimum atomic E-state index is -0.931. The van der Waals surface area contributed by atoms with Crippen molar-refractivity contribution in [3.05, 3.63) is 28.8 Å². The van der Waals surface area contributed by atoms with Crippen molar-refractivity contribution in [2.45, 2.75) is 6.04 Å². The maximum atomic E-state index is 11.3. The Kier molecular flexibility index (Phi) is 6.08. The molecule has 1 aromatic rings. The van der Waals surface area contributed by atoms with Crippen LogP contribution in [0.4, 0.5) is 0 Å². The smallest absolute Gasteiger partial charge is 0.325 e. The lowest BCUT2D eigenvalue weighted by Gasteiger charge is -2.17. The van der Waals surface area contributed by atoms with Crippen LogP contribution in [0.1, 0.15) is 11.6 Å². The number of methoxy groups -OCH3 is 1. The second-order valence-electron chi connectivity index (χ2n) is 4.42. The largest absolute Gasteiger partial charge is 0.495 e. The van der Waals surface area contributed by atoms with E-state index < -0.39 is 12.0 Å². The fourth-order valence-electron chi connectivity index (χ4n) is 1.64. The summed E-state index contributed by atoms with van der Waals surface area (Å²) in [7, 11) is 5.38. The number of nitrogens with zero attached hydrogens (tertiary/aromatic N) is 1. The van der Waals surface area contributed by atoms with E-state index in [1.165, 1.54) is 7.11 Å². The van der Waals surface area contributed by atoms with Gasteiger partial charge in [0.05, 0.1) is 12.1 Å². The molecule has 0 radical (unpaired) electrons. The zero-order valence-electron chi connectivity index (χ0n) is 11.3. The van der Waals surface area contributed by atoms with Crippen molar-refractivity contribution in [1.29, 1.82) is 0 Å². The second kappa shape index (κ2) is 7.33. The van der Waals surface area contributed by atoms with E-state index in [-0.39, 0.29) is 0 Å². The number of ether oxygens (including phenoxy) is 1. The minimum absolute atomic E-state index is 0.403. The monoisotopic (exact) mass is 286 g/mol. The number of aliphatic carboxylic acids is 1. The first-order chi connectivity index (χ1) is 8.95. The summed E-state index contributed by atoms with van der Waals surface area (Å²) in [5.74, 6) is -0.400. The van der Waals surface area contributed by atoms with E-state index in [1.54, 1.807) is 18.2 Å². The summed E-state index contributed by atoms with van der Waals surface area (Å²) in [5, 5.41) is 12.7. The molecule has 6 heteroatoms. The molecule has 1 atom stereocenters. The van der Waals surface area contributed by atoms with Gasteiger partial charge in [-0.15, -0.1) is 0 Å². The van der Waals surface area contributed by atoms with Crippen molar-refractivity contribution in [3.63, 3.8) is 0 Å². The molecule has 0 aromatic heterocycles. The van der Waals surface area contributed by atoms with Crippen LogP contribution in [-0.2, 0) is 4.79 Å². The summed E-state index contributed by atoms with van der Waals surface area (Å²) in [6.07, 6.45) is 0. The van der Waals surface area contributed by atoms with Crippen molar-refractivity contribution in [1.82, 2.24) is 10.2 Å². The van der Waals surface area contributed by atoms with Gasteiger partial charge in [0.1, 0.15) is 11.8 Å². The highest BCUT2D eigenvalue weighted by Crippen LogP contribution is 2.27. The van der Waals surface area contributed by atoms with Crippen LogP contribution in [0.3, 0.4) is 0 Å². The van der Waals surface area contributed by atoms with Crippen LogP contribution in [0.2, 0.25) is 5.02 Å². The van der Waals surface area contributed by atoms with Crippen molar-refractivity contribution in [3.8, 4) is 5.75 Å². The SMILES string of the molecule is COc1ccc(C(NCCN(C)C)C(=O)O)cc1Cl. The first-order valence-corrected chi connectivity index (χ1v) is 6.28. The summed E-state index contributed by atoms with van der Waals surface area (Å²) < 4.78 is 5.05. The molecule has 0 aliphatic heterocycles. The molecule has 0 saturated carbocycles. The van der Waals surface area contributed by atoms with Gasteiger partial charge in [-0.3, -0.25) is 10.1 Å². The third kappa shape index (κ3) is 4.70. The Labute approximate surface area is 118 Å². The number of likely N-dealkylation sites (N-methyl/N-ethyl adjacent to an activating group) is 1. The number of carbonyl (C=O) groups is 1. The fraction of sp³-hybridized carbons (Fsp3) is 0.462. The first kappa shape index (κ1) is 15.8. The predicted molar refractivity (Wildman–Crippen MR) is 74.9 cm³/mol. The molecule has 1 unspecified atom stereocenters. The van der Waals surface area contributed by atoms with Crippen molar-refractivity contribution >= 4 is 17.6 Å². The normalized spacial score (nSPS) is 12.5. The van der Waals surface area contributed by atoms with Crippen LogP contribution < -0.4 is 10.1 Å². The highest BCUT2D eigenvalue weighted by atomic mass is 35.5. The minimum Gasteiger partial charge on any atom is -0.495 e. The number of rotatable bonds is 7. The second-order valence-corrected chi connectivity index (χ2v) is 4.83. The van der Waals surface area contributed by atoms with Gasteiger partial charge in [-0.25, -0.2) is 0 Å². The predicted octanol–water partition coefficient (Wildman–Crippen LogP) is 1.63. The fourth-order valence-corrected chi connectivity index (χ4v) is 1.91. The molecular weight excluding hydrogens is 268 g/mol. The summed E-state index contributed by atoms with van der Waals surface area (Å²) in [6, 6.07) is 4.21. The number of hydrogen-bond acceptors (Lipinski definition) is 4. The van der Waals surface area contributed by atoms with Crippen LogP contribution in [0.15, 0.2) is 18.2 Å². The molecule has 0 bridgehead atoms. The molecule has 0 aliphatic carbocycles. The van der Waals surface area contributed by atoms with Gasteiger partial charge in [-0.2, -0.15) is 0 Å². The number of nitrogens with one attached hydrogen (secondary N) is 1. The van der Waals surface area contributed by atoms with Crippen LogP contribution >= 0.6 is 11.6 Å². The third-order valence-corrected chi connectivity index (χ3v) is 2.96. The molecule has 0 spiro atoms. The highest BCUT2D eigenvalue weighted by Gasteiger charge is 2.20. The van der Waals surface area contributed by atoms with Gasteiger partial charge in [0, 0.05) is 13.1 Å². The molecule has 5 nitrogen and oxygen atoms in total. The molecule has 0 aliphatic rings. The highest BCUT2D eigenvalue weighted by molar-refractivity contribution is 6.32. The van der Waals surface area contributed by atoms with Crippen molar-refractivity contribution in [2.75, 3.05) is 34.3 Å². The quantitative estimate of drug-likeness (QED) is 0.798. The van der Waals surface area contributed by atoms with E-state index in [0.29, 0.717) is 22.9 Å². The standard InChI is InChI=1S/C13H19ClN2O3/c1-16(2)7-6-15-12(13(17)18)9-4-5-11(19-3)10(14)8-9/h4-5,8,12,15H,6-7H2,1-3H3,(H,17,18). The summed E-state index contributed by atoms with van der Waals surface area (Å²) in [6.45, 7) is 1.33. The third-order valence-electron chi connectivity index (χ3n) is 2.66. The Hall–Kier alpha value is -1.30. The van der Waals surface area contributed by atoms with Gasteiger partial charge < -0.3 is 14.7 Å². The summed E-state index contributed by atoms with van der Waals surface area (Å²) >= 11 is 6.01. The van der Waals surface area contributed by atoms with Crippen LogP contribution in [0.5, 0.6) is 5.75 Å². The Morgan fingerprint density at radius 3 is 2.68 bits per heavy atom. The Bertz CT molecular complexity index is 438. The van der Waals surface area contributed by atoms with Gasteiger partial charge >= 0.3 is 5.97 Å². The molecule has 2 N–H and O–H groups in total. The van der Waals surface area contributed by atoms with E-state index in [4.69, 9.17) is 16.3 Å². The zero-order valence-corrected chi connectivity index (χ0v) is 12.1. The molecule has 0 fully saturated rings. The number of halogens is 1. The van der Waals surface area contributed by atoms with Crippen molar-refractivity contribution in [2.24, 2.45) is 0 Å². The average Bonchev–Trinajstić information content (AvgIpc) is 2.33. The Morgan fingerprint density at radius 1 is 1.53 bits per heavy atom. The number of benzene rings is 1. The van der Waals surface area contributed by atoms with E-state index >= 15 is 0 Å². The van der Waals surface area contributed by atoms with Gasteiger partial charge in [-0.05, 0) is 31.8 Å². The topological polar surface area (TPSA) is 61.8 Å². The lowest BCUT2D eigenvalue weighted by atomic mass is 10.1. The maximum Gasteiger partial charge on any atom is 0.325 e. The van der Waals surface area contributed by atoms with Gasteiger partial charge in [0.15, 0.2) is 0 Å². The first-order valence-electron chi connectivity index (χ1n) is 5.90. The van der Waals surface area contributed by atoms with Crippen LogP contribution in [0.25, 0.3) is 0 Å². The Morgan fingerprint density at radius 2 is 2.21 bits per heavy atom. The lowest BCUT2D eigenvalue weighted by Crippen LogP contribution is -2.33. The van der Waals surface area contributed by atoms with Gasteiger partial charge in [0.2, 0.25) is 0 Å². The molecule has 19 heavy (non-hydrogen) atoms. The van der Waals surface area contributed by atoms with Crippen LogP contribution in [-0.4, -0.2) is 50.3 Å². The number of hydrogen-bond donors (Lipinski definition) is 2. The molecule has 0 heterocycles. The number of carboxylic acid groups (broad SMARTS) is 1. The summed E-state index contributed by atoms with van der Waals surface area (Å²) in [5.41, 5.74) is 0.608. The van der Waals surface area contributed by atoms with Crippen molar-refractivity contribution < 1.29 is 14.6 Å². The van der Waals surface area contributed by atoms with Gasteiger partial charge in [-0.1, -0.05) is 17.7 Å². The molecule has 1 aromatic carbocycles. The van der Waals surface area contributed by atoms with Gasteiger partial charge in [0.25, 0.3) is 0 Å². The van der Waals surface area contributed by atoms with Crippen LogP contribution in [0, 0.1) is 0 Å². The molecular formula is C13H19ClN2O3. The Balaban J connectivity index is 2.81. The van der Waals surface area contributed by atoms with E-state index in [9.17, 15) is 9.90 Å². The lowest BCUT2D eigenvalue weighted by molar-refractivity contribution is -0.139. The maximum absolute atomic E-state index is 11.3. The number of carboxylic acids is 1. The summed E-state index contributed by atoms with van der Waals surface area (Å²) in [4.78, 5) is 13.3. The molecule has 0 saturated heterocycles. The zero-order chi connectivity index (χ0) is 14.4. The van der Waals surface area contributed by atoms with E-state index in [1.807, 2.05) is 19.0 Å². The van der Waals surface area contributed by atoms with E-state index in [2.05, 4.69) is 5.32 Å². The molecule has 106 valence electrons. The average molecular weight is 287 g/mol.